The number of hydrogen-bond donors (Lipinski definition) is 0. The van der Waals surface area contributed by atoms with Gasteiger partial charge in [-0.2, -0.15) is 0 Å². The molecular weight excluding hydrogens is 174 g/mol. The highest BCUT2D eigenvalue weighted by Gasteiger charge is 2.57. The van der Waals surface area contributed by atoms with Gasteiger partial charge in [0.05, 0.1) is 13.1 Å². The van der Waals surface area contributed by atoms with Crippen LogP contribution in [-0.2, 0) is 0 Å². The molecule has 0 spiro atoms. The Bertz CT molecular complexity index is 121. The molecule has 1 atom stereocenters. The van der Waals surface area contributed by atoms with Crippen molar-refractivity contribution in [3.05, 3.63) is 0 Å². The van der Waals surface area contributed by atoms with Gasteiger partial charge in [0, 0.05) is 10.9 Å². The fourth-order valence-electron chi connectivity index (χ4n) is 0.985. The van der Waals surface area contributed by atoms with E-state index in [0.717, 1.165) is 7.05 Å². The smallest absolute Gasteiger partial charge is 0.251 e. The van der Waals surface area contributed by atoms with Gasteiger partial charge in [0.15, 0.2) is 0 Å². The second-order valence-corrected chi connectivity index (χ2v) is 2.83. The normalized spacial score (nSPS) is 32.5. The Morgan fingerprint density at radius 2 is 1.83 bits per heavy atom. The molecule has 5 heteroatoms. The molecule has 0 N–H and O–H groups in total. The van der Waals surface area contributed by atoms with E-state index in [1.54, 1.807) is 0 Å². The molecule has 1 aliphatic heterocycles. The van der Waals surface area contributed by atoms with E-state index in [4.69, 9.17) is 0 Å². The molecule has 1 heterocycles. The van der Waals surface area contributed by atoms with E-state index < -0.39 is 10.8 Å². The summed E-state index contributed by atoms with van der Waals surface area (Å²) in [5, 5.41) is 0. The van der Waals surface area contributed by atoms with E-state index in [-0.39, 0.29) is 26.1 Å². The SMILES string of the molecule is CCF.C[N+]1(F)CCCC1(F)F. The minimum absolute atomic E-state index is 0.0625. The van der Waals surface area contributed by atoms with Crippen LogP contribution < -0.4 is 0 Å². The lowest BCUT2D eigenvalue weighted by atomic mass is 10.4. The Morgan fingerprint density at radius 3 is 1.92 bits per heavy atom. The van der Waals surface area contributed by atoms with Gasteiger partial charge in [-0.3, -0.25) is 4.39 Å². The molecule has 0 aliphatic carbocycles. The molecule has 1 saturated heterocycles. The molecule has 74 valence electrons. The van der Waals surface area contributed by atoms with Crippen molar-refractivity contribution in [3.63, 3.8) is 0 Å². The highest BCUT2D eigenvalue weighted by Crippen LogP contribution is 2.38. The lowest BCUT2D eigenvalue weighted by molar-refractivity contribution is -1.10. The Morgan fingerprint density at radius 1 is 1.42 bits per heavy atom. The number of alkyl halides is 3. The molecule has 0 aromatic rings. The van der Waals surface area contributed by atoms with Gasteiger partial charge in [0.2, 0.25) is 0 Å². The Balaban J connectivity index is 0.000000354. The van der Waals surface area contributed by atoms with Gasteiger partial charge in [-0.25, -0.2) is 0 Å². The summed E-state index contributed by atoms with van der Waals surface area (Å²) >= 11 is 0. The Labute approximate surface area is 69.5 Å². The Kier molecular flexibility index (Phi) is 3.96. The monoisotopic (exact) mass is 188 g/mol. The zero-order valence-electron chi connectivity index (χ0n) is 7.29. The molecule has 1 aliphatic rings. The van der Waals surface area contributed by atoms with Gasteiger partial charge in [-0.05, 0) is 6.92 Å². The van der Waals surface area contributed by atoms with Crippen LogP contribution in [0.1, 0.15) is 19.8 Å². The predicted molar refractivity (Wildman–Crippen MR) is 38.0 cm³/mol. The maximum absolute atomic E-state index is 12.6. The van der Waals surface area contributed by atoms with Gasteiger partial charge >= 0.3 is 6.05 Å². The third-order valence-electron chi connectivity index (χ3n) is 1.74. The van der Waals surface area contributed by atoms with Gasteiger partial charge in [0.1, 0.15) is 13.6 Å². The molecule has 0 aromatic heterocycles. The molecule has 1 nitrogen and oxygen atoms in total. The van der Waals surface area contributed by atoms with E-state index in [1.165, 1.54) is 6.92 Å². The van der Waals surface area contributed by atoms with Crippen LogP contribution in [0.15, 0.2) is 0 Å². The minimum Gasteiger partial charge on any atom is -0.251 e. The van der Waals surface area contributed by atoms with Crippen LogP contribution in [0.5, 0.6) is 0 Å². The third-order valence-corrected chi connectivity index (χ3v) is 1.74. The summed E-state index contributed by atoms with van der Waals surface area (Å²) in [7, 11) is 0.910. The number of likely N-dealkylation sites (tertiary alicyclic amines) is 1. The topological polar surface area (TPSA) is 0 Å². The minimum atomic E-state index is -3.14. The molecular formula is C7H14F4N+. The van der Waals surface area contributed by atoms with Gasteiger partial charge in [0.25, 0.3) is 0 Å². The largest absolute Gasteiger partial charge is 0.425 e. The first-order valence-corrected chi connectivity index (χ1v) is 3.86. The highest BCUT2D eigenvalue weighted by atomic mass is 19.3. The van der Waals surface area contributed by atoms with E-state index in [1.807, 2.05) is 0 Å². The molecule has 0 amide bonds. The summed E-state index contributed by atoms with van der Waals surface area (Å²) in [6.45, 7) is 1.15. The van der Waals surface area contributed by atoms with Gasteiger partial charge in [-0.1, -0.05) is 4.71 Å². The number of halogens is 4. The van der Waals surface area contributed by atoms with Crippen LogP contribution in [0.4, 0.5) is 17.7 Å². The maximum Gasteiger partial charge on any atom is 0.425 e. The van der Waals surface area contributed by atoms with Crippen LogP contribution >= 0.6 is 0 Å². The first-order chi connectivity index (χ1) is 5.37. The predicted octanol–water partition coefficient (Wildman–Crippen LogP) is 2.68. The van der Waals surface area contributed by atoms with E-state index in [2.05, 4.69) is 0 Å². The molecule has 0 saturated carbocycles. The van der Waals surface area contributed by atoms with Crippen molar-refractivity contribution in [1.29, 1.82) is 0 Å². The summed E-state index contributed by atoms with van der Waals surface area (Å²) in [5.74, 6) is 0. The van der Waals surface area contributed by atoms with E-state index >= 15 is 0 Å². The average molecular weight is 188 g/mol. The zero-order valence-corrected chi connectivity index (χ0v) is 7.29. The summed E-state index contributed by atoms with van der Waals surface area (Å²) in [6, 6.07) is -3.14. The fourth-order valence-corrected chi connectivity index (χ4v) is 0.985. The number of rotatable bonds is 0. The summed E-state index contributed by atoms with van der Waals surface area (Å²) in [4.78, 5) is 0. The van der Waals surface area contributed by atoms with E-state index in [9.17, 15) is 17.7 Å². The lowest BCUT2D eigenvalue weighted by Gasteiger charge is -2.21. The van der Waals surface area contributed by atoms with E-state index in [0.29, 0.717) is 0 Å². The second-order valence-electron chi connectivity index (χ2n) is 2.83. The standard InChI is InChI=1S/C5H9F3N.C2H5F/c1-9(8)4-2-3-5(9,6)7;1-2-3/h2-4H2,1H3;2H2,1H3/q+1;. The third kappa shape index (κ3) is 2.62. The van der Waals surface area contributed by atoms with Crippen LogP contribution in [0.25, 0.3) is 0 Å². The van der Waals surface area contributed by atoms with Crippen molar-refractivity contribution < 1.29 is 22.4 Å². The van der Waals surface area contributed by atoms with Crippen molar-refractivity contribution in [2.45, 2.75) is 25.8 Å². The Hall–Kier alpha value is -0.320. The van der Waals surface area contributed by atoms with Gasteiger partial charge < -0.3 is 0 Å². The highest BCUT2D eigenvalue weighted by molar-refractivity contribution is 4.59. The van der Waals surface area contributed by atoms with Crippen molar-refractivity contribution in [2.75, 3.05) is 20.3 Å². The first kappa shape index (κ1) is 11.7. The molecule has 1 fully saturated rings. The lowest BCUT2D eigenvalue weighted by Crippen LogP contribution is -2.45. The summed E-state index contributed by atoms with van der Waals surface area (Å²) in [6.07, 6.45) is -0.0417. The number of quaternary nitrogens is 1. The van der Waals surface area contributed by atoms with Crippen molar-refractivity contribution in [3.8, 4) is 0 Å². The van der Waals surface area contributed by atoms with Crippen molar-refractivity contribution >= 4 is 0 Å². The van der Waals surface area contributed by atoms with Crippen LogP contribution in [0.3, 0.4) is 0 Å². The van der Waals surface area contributed by atoms with Crippen LogP contribution in [0, 0.1) is 0 Å². The van der Waals surface area contributed by atoms with Crippen molar-refractivity contribution in [2.24, 2.45) is 0 Å². The molecule has 1 rings (SSSR count). The second kappa shape index (κ2) is 4.07. The molecule has 0 radical (unpaired) electrons. The van der Waals surface area contributed by atoms with Gasteiger partial charge in [-0.15, -0.1) is 8.78 Å². The molecule has 12 heavy (non-hydrogen) atoms. The molecule has 0 aromatic carbocycles. The fraction of sp³-hybridized carbons (Fsp3) is 1.00. The van der Waals surface area contributed by atoms with Crippen LogP contribution in [0.2, 0.25) is 0 Å². The summed E-state index contributed by atoms with van der Waals surface area (Å²) < 4.78 is 45.9. The summed E-state index contributed by atoms with van der Waals surface area (Å²) in [5.41, 5.74) is 0. The quantitative estimate of drug-likeness (QED) is 0.311. The number of hydrogen-bond acceptors (Lipinski definition) is 0. The zero-order chi connectivity index (χ0) is 9.83. The first-order valence-electron chi connectivity index (χ1n) is 3.86. The average Bonchev–Trinajstić information content (AvgIpc) is 2.08. The number of nitrogens with zero attached hydrogens (tertiary/aromatic N) is 1. The maximum atomic E-state index is 12.6. The van der Waals surface area contributed by atoms with Crippen LogP contribution in [-0.4, -0.2) is 31.0 Å². The molecule has 0 bridgehead atoms. The van der Waals surface area contributed by atoms with Crippen molar-refractivity contribution in [1.82, 2.24) is 0 Å². The molecule has 1 unspecified atom stereocenters.